The standard InChI is InChI=1S/C16H25N3O/c1-14(20)18-16-8-3-2-7-15(16)13-17-9-6-12-19-10-4-5-11-19/h2-3,7-8,17H,4-6,9-13H2,1H3,(H,18,20). The fourth-order valence-corrected chi connectivity index (χ4v) is 2.64. The summed E-state index contributed by atoms with van der Waals surface area (Å²) < 4.78 is 0. The molecule has 2 rings (SSSR count). The van der Waals surface area contributed by atoms with Crippen LogP contribution in [0.2, 0.25) is 0 Å². The maximum Gasteiger partial charge on any atom is 0.221 e. The van der Waals surface area contributed by atoms with Crippen molar-refractivity contribution >= 4 is 11.6 Å². The van der Waals surface area contributed by atoms with Gasteiger partial charge in [0.2, 0.25) is 5.91 Å². The minimum atomic E-state index is -0.0218. The molecule has 20 heavy (non-hydrogen) atoms. The number of hydrogen-bond acceptors (Lipinski definition) is 3. The average Bonchev–Trinajstić information content (AvgIpc) is 2.93. The van der Waals surface area contributed by atoms with Crippen LogP contribution in [0.3, 0.4) is 0 Å². The van der Waals surface area contributed by atoms with E-state index in [4.69, 9.17) is 0 Å². The number of nitrogens with zero attached hydrogens (tertiary/aromatic N) is 1. The van der Waals surface area contributed by atoms with Crippen molar-refractivity contribution in [1.82, 2.24) is 10.2 Å². The average molecular weight is 275 g/mol. The number of hydrogen-bond donors (Lipinski definition) is 2. The van der Waals surface area contributed by atoms with E-state index in [0.717, 1.165) is 24.3 Å². The molecule has 0 radical (unpaired) electrons. The van der Waals surface area contributed by atoms with Crippen LogP contribution in [0.25, 0.3) is 0 Å². The van der Waals surface area contributed by atoms with Crippen molar-refractivity contribution in [3.8, 4) is 0 Å². The van der Waals surface area contributed by atoms with Crippen LogP contribution in [0.1, 0.15) is 31.7 Å². The number of carbonyl (C=O) groups excluding carboxylic acids is 1. The second-order valence-electron chi connectivity index (χ2n) is 5.42. The van der Waals surface area contributed by atoms with Gasteiger partial charge in [-0.25, -0.2) is 0 Å². The highest BCUT2D eigenvalue weighted by molar-refractivity contribution is 5.89. The van der Waals surface area contributed by atoms with E-state index in [1.54, 1.807) is 6.92 Å². The largest absolute Gasteiger partial charge is 0.326 e. The topological polar surface area (TPSA) is 44.4 Å². The molecule has 0 bridgehead atoms. The molecular formula is C16H25N3O. The molecule has 1 aromatic carbocycles. The molecule has 0 aromatic heterocycles. The summed E-state index contributed by atoms with van der Waals surface area (Å²) in [5, 5.41) is 6.33. The van der Waals surface area contributed by atoms with E-state index in [0.29, 0.717) is 0 Å². The van der Waals surface area contributed by atoms with E-state index in [9.17, 15) is 4.79 Å². The van der Waals surface area contributed by atoms with Gasteiger partial charge in [-0.15, -0.1) is 0 Å². The van der Waals surface area contributed by atoms with Gasteiger partial charge in [0.05, 0.1) is 0 Å². The molecule has 1 saturated heterocycles. The third-order valence-corrected chi connectivity index (χ3v) is 3.67. The van der Waals surface area contributed by atoms with Crippen LogP contribution in [-0.4, -0.2) is 37.0 Å². The Morgan fingerprint density at radius 3 is 2.75 bits per heavy atom. The lowest BCUT2D eigenvalue weighted by molar-refractivity contribution is -0.114. The predicted octanol–water partition coefficient (Wildman–Crippen LogP) is 2.22. The number of para-hydroxylation sites is 1. The Bertz CT molecular complexity index is 427. The molecule has 1 amide bonds. The number of nitrogens with one attached hydrogen (secondary N) is 2. The molecular weight excluding hydrogens is 250 g/mol. The summed E-state index contributed by atoms with van der Waals surface area (Å²) in [6.07, 6.45) is 3.90. The van der Waals surface area contributed by atoms with Gasteiger partial charge in [0, 0.05) is 19.2 Å². The number of amides is 1. The SMILES string of the molecule is CC(=O)Nc1ccccc1CNCCCN1CCCC1. The number of carbonyl (C=O) groups is 1. The fraction of sp³-hybridized carbons (Fsp3) is 0.562. The van der Waals surface area contributed by atoms with Crippen molar-refractivity contribution < 1.29 is 4.79 Å². The second-order valence-corrected chi connectivity index (χ2v) is 5.42. The Morgan fingerprint density at radius 1 is 1.25 bits per heavy atom. The lowest BCUT2D eigenvalue weighted by Gasteiger charge is -2.15. The lowest BCUT2D eigenvalue weighted by Crippen LogP contribution is -2.25. The van der Waals surface area contributed by atoms with Crippen LogP contribution < -0.4 is 10.6 Å². The van der Waals surface area contributed by atoms with Crippen molar-refractivity contribution in [2.75, 3.05) is 31.5 Å². The van der Waals surface area contributed by atoms with Crippen LogP contribution in [0, 0.1) is 0 Å². The van der Waals surface area contributed by atoms with Crippen molar-refractivity contribution in [2.45, 2.75) is 32.7 Å². The zero-order valence-electron chi connectivity index (χ0n) is 12.3. The summed E-state index contributed by atoms with van der Waals surface area (Å²) in [4.78, 5) is 13.7. The van der Waals surface area contributed by atoms with E-state index in [2.05, 4.69) is 21.6 Å². The Labute approximate surface area is 121 Å². The van der Waals surface area contributed by atoms with Gasteiger partial charge in [-0.05, 0) is 57.1 Å². The summed E-state index contributed by atoms with van der Waals surface area (Å²) in [6, 6.07) is 7.95. The van der Waals surface area contributed by atoms with Gasteiger partial charge < -0.3 is 15.5 Å². The maximum absolute atomic E-state index is 11.2. The van der Waals surface area contributed by atoms with Gasteiger partial charge in [0.25, 0.3) is 0 Å². The highest BCUT2D eigenvalue weighted by Crippen LogP contribution is 2.14. The van der Waals surface area contributed by atoms with Gasteiger partial charge in [-0.2, -0.15) is 0 Å². The number of likely N-dealkylation sites (tertiary alicyclic amines) is 1. The van der Waals surface area contributed by atoms with Gasteiger partial charge in [-0.1, -0.05) is 18.2 Å². The highest BCUT2D eigenvalue weighted by Gasteiger charge is 2.10. The third kappa shape index (κ3) is 4.94. The summed E-state index contributed by atoms with van der Waals surface area (Å²) >= 11 is 0. The first-order chi connectivity index (χ1) is 9.75. The Balaban J connectivity index is 1.69. The van der Waals surface area contributed by atoms with Crippen LogP contribution in [0.15, 0.2) is 24.3 Å². The maximum atomic E-state index is 11.2. The minimum Gasteiger partial charge on any atom is -0.326 e. The summed E-state index contributed by atoms with van der Waals surface area (Å²) in [6.45, 7) is 7.10. The van der Waals surface area contributed by atoms with Gasteiger partial charge in [-0.3, -0.25) is 4.79 Å². The third-order valence-electron chi connectivity index (χ3n) is 3.67. The first-order valence-corrected chi connectivity index (χ1v) is 7.54. The molecule has 1 aromatic rings. The molecule has 0 aliphatic carbocycles. The van der Waals surface area contributed by atoms with E-state index < -0.39 is 0 Å². The second kappa shape index (κ2) is 8.02. The molecule has 1 aliphatic heterocycles. The smallest absolute Gasteiger partial charge is 0.221 e. The summed E-state index contributed by atoms with van der Waals surface area (Å²) in [5.74, 6) is -0.0218. The van der Waals surface area contributed by atoms with Gasteiger partial charge in [0.1, 0.15) is 0 Å². The molecule has 0 unspecified atom stereocenters. The van der Waals surface area contributed by atoms with E-state index in [-0.39, 0.29) is 5.91 Å². The quantitative estimate of drug-likeness (QED) is 0.750. The van der Waals surface area contributed by atoms with E-state index >= 15 is 0 Å². The van der Waals surface area contributed by atoms with E-state index in [1.165, 1.54) is 38.9 Å². The zero-order chi connectivity index (χ0) is 14.2. The number of rotatable bonds is 7. The van der Waals surface area contributed by atoms with Crippen LogP contribution in [0.5, 0.6) is 0 Å². The number of benzene rings is 1. The first-order valence-electron chi connectivity index (χ1n) is 7.54. The fourth-order valence-electron chi connectivity index (χ4n) is 2.64. The molecule has 0 saturated carbocycles. The lowest BCUT2D eigenvalue weighted by atomic mass is 10.1. The molecule has 1 fully saturated rings. The minimum absolute atomic E-state index is 0.0218. The molecule has 0 atom stereocenters. The highest BCUT2D eigenvalue weighted by atomic mass is 16.1. The number of anilines is 1. The summed E-state index contributed by atoms with van der Waals surface area (Å²) in [7, 11) is 0. The Morgan fingerprint density at radius 2 is 2.00 bits per heavy atom. The molecule has 1 heterocycles. The van der Waals surface area contributed by atoms with Gasteiger partial charge in [0.15, 0.2) is 0 Å². The molecule has 110 valence electrons. The normalized spacial score (nSPS) is 15.4. The summed E-state index contributed by atoms with van der Waals surface area (Å²) in [5.41, 5.74) is 2.05. The Kier molecular flexibility index (Phi) is 6.02. The van der Waals surface area contributed by atoms with Crippen molar-refractivity contribution in [3.05, 3.63) is 29.8 Å². The molecule has 1 aliphatic rings. The van der Waals surface area contributed by atoms with Crippen molar-refractivity contribution in [1.29, 1.82) is 0 Å². The van der Waals surface area contributed by atoms with Crippen LogP contribution in [-0.2, 0) is 11.3 Å². The van der Waals surface area contributed by atoms with Crippen molar-refractivity contribution in [3.63, 3.8) is 0 Å². The van der Waals surface area contributed by atoms with Crippen molar-refractivity contribution in [2.24, 2.45) is 0 Å². The molecule has 4 nitrogen and oxygen atoms in total. The van der Waals surface area contributed by atoms with Crippen LogP contribution in [0.4, 0.5) is 5.69 Å². The van der Waals surface area contributed by atoms with Gasteiger partial charge >= 0.3 is 0 Å². The monoisotopic (exact) mass is 275 g/mol. The first kappa shape index (κ1) is 15.0. The predicted molar refractivity (Wildman–Crippen MR) is 82.7 cm³/mol. The zero-order valence-corrected chi connectivity index (χ0v) is 12.3. The molecule has 0 spiro atoms. The molecule has 4 heteroatoms. The molecule has 2 N–H and O–H groups in total. The Hall–Kier alpha value is -1.39. The van der Waals surface area contributed by atoms with E-state index in [1.807, 2.05) is 18.2 Å². The van der Waals surface area contributed by atoms with Crippen LogP contribution >= 0.6 is 0 Å².